The second-order valence-electron chi connectivity index (χ2n) is 2.36. The minimum absolute atomic E-state index is 0.572. The van der Waals surface area contributed by atoms with Crippen molar-refractivity contribution in [3.8, 4) is 0 Å². The van der Waals surface area contributed by atoms with Crippen molar-refractivity contribution in [1.82, 2.24) is 0 Å². The van der Waals surface area contributed by atoms with E-state index in [1.807, 2.05) is 18.2 Å². The van der Waals surface area contributed by atoms with Gasteiger partial charge in [0.15, 0.2) is 0 Å². The summed E-state index contributed by atoms with van der Waals surface area (Å²) in [5.74, 6) is 0. The molecule has 0 aliphatic heterocycles. The van der Waals surface area contributed by atoms with Crippen LogP contribution in [0.15, 0.2) is 18.2 Å². The molecular weight excluding hydrogens is 251 g/mol. The van der Waals surface area contributed by atoms with Crippen LogP contribution in [0, 0.1) is 8.98 Å². The highest BCUT2D eigenvalue weighted by atomic mass is 127. The van der Waals surface area contributed by atoms with E-state index in [1.165, 1.54) is 0 Å². The highest BCUT2D eigenvalue weighted by Crippen LogP contribution is 2.16. The predicted octanol–water partition coefficient (Wildman–Crippen LogP) is 2.26. The smallest absolute Gasteiger partial charge is 0.0450 e. The fourth-order valence-corrected chi connectivity index (χ4v) is 1.28. The van der Waals surface area contributed by atoms with E-state index >= 15 is 0 Å². The lowest BCUT2D eigenvalue weighted by atomic mass is 10.1. The van der Waals surface area contributed by atoms with Crippen LogP contribution in [0.2, 0.25) is 0 Å². The zero-order chi connectivity index (χ0) is 8.43. The Kier molecular flexibility index (Phi) is 2.49. The molecule has 2 nitrogen and oxygen atoms in total. The number of hydrogen-bond donors (Lipinski definition) is 2. The van der Waals surface area contributed by atoms with Gasteiger partial charge in [-0.2, -0.15) is 0 Å². The maximum atomic E-state index is 7.36. The summed E-state index contributed by atoms with van der Waals surface area (Å²) in [5.41, 5.74) is 7.89. The summed E-state index contributed by atoms with van der Waals surface area (Å²) >= 11 is 2.16. The van der Waals surface area contributed by atoms with Gasteiger partial charge in [-0.3, -0.25) is 0 Å². The van der Waals surface area contributed by atoms with Crippen LogP contribution in [0.1, 0.15) is 12.5 Å². The predicted molar refractivity (Wildman–Crippen MR) is 56.1 cm³/mol. The molecule has 11 heavy (non-hydrogen) atoms. The fourth-order valence-electron chi connectivity index (χ4n) is 0.760. The molecule has 0 atom stereocenters. The minimum atomic E-state index is 0.572. The monoisotopic (exact) mass is 260 g/mol. The van der Waals surface area contributed by atoms with E-state index in [-0.39, 0.29) is 0 Å². The molecule has 0 bridgehead atoms. The van der Waals surface area contributed by atoms with E-state index in [1.54, 1.807) is 6.92 Å². The molecule has 0 fully saturated rings. The molecule has 0 aliphatic rings. The first-order chi connectivity index (χ1) is 5.11. The van der Waals surface area contributed by atoms with Gasteiger partial charge in [-0.1, -0.05) is 6.07 Å². The van der Waals surface area contributed by atoms with Crippen LogP contribution in [0.4, 0.5) is 5.69 Å². The molecule has 0 saturated carbocycles. The molecule has 3 N–H and O–H groups in total. The van der Waals surface area contributed by atoms with E-state index in [2.05, 4.69) is 22.6 Å². The molecule has 0 spiro atoms. The molecule has 1 rings (SSSR count). The molecule has 0 radical (unpaired) electrons. The molecule has 1 aromatic carbocycles. The molecule has 0 aliphatic carbocycles. The number of hydrogen-bond acceptors (Lipinski definition) is 2. The van der Waals surface area contributed by atoms with Crippen molar-refractivity contribution >= 4 is 34.0 Å². The van der Waals surface area contributed by atoms with Gasteiger partial charge in [0.2, 0.25) is 0 Å². The molecule has 0 amide bonds. The second-order valence-corrected chi connectivity index (χ2v) is 3.52. The lowest BCUT2D eigenvalue weighted by Crippen LogP contribution is -1.95. The molecule has 0 saturated heterocycles. The van der Waals surface area contributed by atoms with Gasteiger partial charge >= 0.3 is 0 Å². The SMILES string of the molecule is CC(=N)c1ccc(N)c(I)c1. The Morgan fingerprint density at radius 1 is 1.55 bits per heavy atom. The number of nitrogens with two attached hydrogens (primary N) is 1. The van der Waals surface area contributed by atoms with Gasteiger partial charge < -0.3 is 11.1 Å². The van der Waals surface area contributed by atoms with Gasteiger partial charge in [0.25, 0.3) is 0 Å². The Morgan fingerprint density at radius 3 is 2.64 bits per heavy atom. The van der Waals surface area contributed by atoms with Crippen LogP contribution in [0.5, 0.6) is 0 Å². The molecular formula is C8H9IN2. The summed E-state index contributed by atoms with van der Waals surface area (Å²) in [6, 6.07) is 5.60. The summed E-state index contributed by atoms with van der Waals surface area (Å²) in [6.07, 6.45) is 0. The van der Waals surface area contributed by atoms with Crippen LogP contribution < -0.4 is 5.73 Å². The third-order valence-electron chi connectivity index (χ3n) is 1.43. The number of nitrogen functional groups attached to an aromatic ring is 1. The largest absolute Gasteiger partial charge is 0.398 e. The molecule has 0 heterocycles. The second kappa shape index (κ2) is 3.21. The third-order valence-corrected chi connectivity index (χ3v) is 2.37. The van der Waals surface area contributed by atoms with Crippen LogP contribution in [-0.4, -0.2) is 5.71 Å². The van der Waals surface area contributed by atoms with Crippen molar-refractivity contribution < 1.29 is 0 Å². The number of anilines is 1. The Labute approximate surface area is 79.4 Å². The Morgan fingerprint density at radius 2 is 2.18 bits per heavy atom. The highest BCUT2D eigenvalue weighted by molar-refractivity contribution is 14.1. The third kappa shape index (κ3) is 1.92. The number of halogens is 1. The maximum absolute atomic E-state index is 7.36. The minimum Gasteiger partial charge on any atom is -0.398 e. The Bertz CT molecular complexity index is 294. The van der Waals surface area contributed by atoms with Crippen molar-refractivity contribution in [1.29, 1.82) is 5.41 Å². The zero-order valence-corrected chi connectivity index (χ0v) is 8.34. The number of benzene rings is 1. The lowest BCUT2D eigenvalue weighted by molar-refractivity contribution is 1.45. The van der Waals surface area contributed by atoms with Crippen molar-refractivity contribution in [2.45, 2.75) is 6.92 Å². The zero-order valence-electron chi connectivity index (χ0n) is 6.19. The highest BCUT2D eigenvalue weighted by Gasteiger charge is 1.98. The average Bonchev–Trinajstić information content (AvgIpc) is 1.94. The molecule has 0 unspecified atom stereocenters. The standard InChI is InChI=1S/C8H9IN2/c1-5(10)6-2-3-8(11)7(9)4-6/h2-4,10H,11H2,1H3. The van der Waals surface area contributed by atoms with Crippen molar-refractivity contribution in [2.75, 3.05) is 5.73 Å². The summed E-state index contributed by atoms with van der Waals surface area (Å²) in [7, 11) is 0. The first-order valence-electron chi connectivity index (χ1n) is 3.22. The molecule has 1 aromatic rings. The van der Waals surface area contributed by atoms with Gasteiger partial charge in [-0.15, -0.1) is 0 Å². The maximum Gasteiger partial charge on any atom is 0.0450 e. The molecule has 58 valence electrons. The Balaban J connectivity index is 3.15. The van der Waals surface area contributed by atoms with E-state index in [4.69, 9.17) is 11.1 Å². The van der Waals surface area contributed by atoms with Crippen LogP contribution in [0.3, 0.4) is 0 Å². The van der Waals surface area contributed by atoms with Gasteiger partial charge in [0, 0.05) is 15.0 Å². The van der Waals surface area contributed by atoms with E-state index < -0.39 is 0 Å². The average molecular weight is 260 g/mol. The lowest BCUT2D eigenvalue weighted by Gasteiger charge is -2.00. The molecule has 0 aromatic heterocycles. The Hall–Kier alpha value is -0.580. The van der Waals surface area contributed by atoms with E-state index in [9.17, 15) is 0 Å². The summed E-state index contributed by atoms with van der Waals surface area (Å²) < 4.78 is 1.01. The normalized spacial score (nSPS) is 9.64. The quantitative estimate of drug-likeness (QED) is 0.454. The van der Waals surface area contributed by atoms with Crippen LogP contribution >= 0.6 is 22.6 Å². The summed E-state index contributed by atoms with van der Waals surface area (Å²) in [5, 5.41) is 7.36. The van der Waals surface area contributed by atoms with Gasteiger partial charge in [0.1, 0.15) is 0 Å². The van der Waals surface area contributed by atoms with E-state index in [0.29, 0.717) is 5.71 Å². The van der Waals surface area contributed by atoms with Crippen molar-refractivity contribution in [3.05, 3.63) is 27.3 Å². The van der Waals surface area contributed by atoms with Crippen molar-refractivity contribution in [3.63, 3.8) is 0 Å². The van der Waals surface area contributed by atoms with Gasteiger partial charge in [0.05, 0.1) is 0 Å². The summed E-state index contributed by atoms with van der Waals surface area (Å²) in [4.78, 5) is 0. The number of rotatable bonds is 1. The summed E-state index contributed by atoms with van der Waals surface area (Å²) in [6.45, 7) is 1.77. The van der Waals surface area contributed by atoms with E-state index in [0.717, 1.165) is 14.8 Å². The first kappa shape index (κ1) is 8.52. The molecule has 3 heteroatoms. The van der Waals surface area contributed by atoms with Gasteiger partial charge in [-0.05, 0) is 47.2 Å². The van der Waals surface area contributed by atoms with Crippen LogP contribution in [-0.2, 0) is 0 Å². The first-order valence-corrected chi connectivity index (χ1v) is 4.29. The van der Waals surface area contributed by atoms with Crippen LogP contribution in [0.25, 0.3) is 0 Å². The van der Waals surface area contributed by atoms with Gasteiger partial charge in [-0.25, -0.2) is 0 Å². The fraction of sp³-hybridized carbons (Fsp3) is 0.125. The topological polar surface area (TPSA) is 49.9 Å². The number of nitrogens with one attached hydrogen (secondary N) is 1. The van der Waals surface area contributed by atoms with Crippen molar-refractivity contribution in [2.24, 2.45) is 0 Å².